The van der Waals surface area contributed by atoms with Crippen molar-refractivity contribution in [1.29, 1.82) is 0 Å². The lowest BCUT2D eigenvalue weighted by atomic mass is 9.62. The number of hydrogen-bond donors (Lipinski definition) is 2. The Hall–Kier alpha value is -1.10. The largest absolute Gasteiger partial charge is 0.478 e. The number of rotatable bonds is 1. The van der Waals surface area contributed by atoms with Crippen LogP contribution in [0.5, 0.6) is 0 Å². The van der Waals surface area contributed by atoms with Gasteiger partial charge >= 0.3 is 11.9 Å². The van der Waals surface area contributed by atoms with Crippen LogP contribution in [0.2, 0.25) is 0 Å². The summed E-state index contributed by atoms with van der Waals surface area (Å²) in [4.78, 5) is 23.0. The van der Waals surface area contributed by atoms with Gasteiger partial charge in [-0.15, -0.1) is 0 Å². The third-order valence-electron chi connectivity index (χ3n) is 4.16. The van der Waals surface area contributed by atoms with Crippen molar-refractivity contribution >= 4 is 11.9 Å². The zero-order valence-electron chi connectivity index (χ0n) is 8.81. The van der Waals surface area contributed by atoms with Crippen molar-refractivity contribution < 1.29 is 24.5 Å². The highest BCUT2D eigenvalue weighted by Crippen LogP contribution is 2.53. The lowest BCUT2D eigenvalue weighted by Crippen LogP contribution is -2.54. The number of hydrogen-bond acceptors (Lipinski definition) is 4. The van der Waals surface area contributed by atoms with E-state index in [-0.39, 0.29) is 18.3 Å². The van der Waals surface area contributed by atoms with E-state index in [9.17, 15) is 19.8 Å². The first kappa shape index (κ1) is 10.1. The van der Waals surface area contributed by atoms with E-state index in [1.807, 2.05) is 0 Å². The molecular formula is C11H14O5. The maximum absolute atomic E-state index is 11.7. The van der Waals surface area contributed by atoms with E-state index >= 15 is 0 Å². The molecular weight excluding hydrogens is 212 g/mol. The molecule has 0 radical (unpaired) electrons. The first-order valence-corrected chi connectivity index (χ1v) is 5.61. The van der Waals surface area contributed by atoms with Gasteiger partial charge in [-0.3, -0.25) is 4.79 Å². The molecule has 5 heteroatoms. The molecule has 0 aromatic rings. The van der Waals surface area contributed by atoms with E-state index in [2.05, 4.69) is 0 Å². The van der Waals surface area contributed by atoms with E-state index in [1.54, 1.807) is 0 Å². The minimum Gasteiger partial charge on any atom is -0.478 e. The molecule has 2 aliphatic carbocycles. The predicted molar refractivity (Wildman–Crippen MR) is 51.5 cm³/mol. The van der Waals surface area contributed by atoms with E-state index in [1.165, 1.54) is 0 Å². The molecule has 2 heterocycles. The maximum atomic E-state index is 11.7. The van der Waals surface area contributed by atoms with Gasteiger partial charge in [0.05, 0.1) is 11.5 Å². The van der Waals surface area contributed by atoms with Crippen LogP contribution in [0.25, 0.3) is 0 Å². The van der Waals surface area contributed by atoms with Crippen LogP contribution >= 0.6 is 0 Å². The van der Waals surface area contributed by atoms with Crippen LogP contribution in [0.3, 0.4) is 0 Å². The molecule has 5 nitrogen and oxygen atoms in total. The molecule has 2 aliphatic heterocycles. The van der Waals surface area contributed by atoms with Gasteiger partial charge in [0.25, 0.3) is 0 Å². The molecule has 0 aromatic carbocycles. The number of carbonyl (C=O) groups is 2. The van der Waals surface area contributed by atoms with Crippen molar-refractivity contribution in [3.8, 4) is 0 Å². The van der Waals surface area contributed by atoms with Crippen molar-refractivity contribution in [3.05, 3.63) is 0 Å². The number of aliphatic carboxylic acids is 1. The van der Waals surface area contributed by atoms with Gasteiger partial charge in [0.1, 0.15) is 0 Å². The highest BCUT2D eigenvalue weighted by atomic mass is 16.6. The van der Waals surface area contributed by atoms with Crippen LogP contribution in [0, 0.1) is 11.8 Å². The summed E-state index contributed by atoms with van der Waals surface area (Å²) < 4.78 is 5.15. The van der Waals surface area contributed by atoms with Crippen LogP contribution < -0.4 is 0 Å². The summed E-state index contributed by atoms with van der Waals surface area (Å²) in [5.74, 6) is -1.78. The average Bonchev–Trinajstić information content (AvgIpc) is 2.26. The molecule has 4 unspecified atom stereocenters. The number of carboxylic acid groups (broad SMARTS) is 1. The fraction of sp³-hybridized carbons (Fsp3) is 0.818. The van der Waals surface area contributed by atoms with Gasteiger partial charge in [0.2, 0.25) is 5.60 Å². The zero-order valence-corrected chi connectivity index (χ0v) is 8.81. The number of ether oxygens (including phenoxy) is 1. The lowest BCUT2D eigenvalue weighted by Gasteiger charge is -2.45. The molecule has 16 heavy (non-hydrogen) atoms. The van der Waals surface area contributed by atoms with Crippen LogP contribution in [0.15, 0.2) is 0 Å². The highest BCUT2D eigenvalue weighted by Gasteiger charge is 2.61. The minimum atomic E-state index is -1.47. The molecule has 2 saturated heterocycles. The molecule has 4 bridgehead atoms. The zero-order chi connectivity index (χ0) is 11.6. The third kappa shape index (κ3) is 1.21. The van der Waals surface area contributed by atoms with Crippen molar-refractivity contribution in [2.24, 2.45) is 11.8 Å². The minimum absolute atomic E-state index is 0.0497. The number of carbonyl (C=O) groups excluding carboxylic acids is 1. The van der Waals surface area contributed by atoms with Crippen LogP contribution in [-0.4, -0.2) is 33.4 Å². The second-order valence-corrected chi connectivity index (χ2v) is 5.53. The number of aliphatic hydroxyl groups is 1. The molecule has 4 atom stereocenters. The SMILES string of the molecule is O=C1OC2(C(=O)O)CC3CC1CC(O)(C3)C2. The summed E-state index contributed by atoms with van der Waals surface area (Å²) in [6.07, 6.45) is 2.03. The Morgan fingerprint density at radius 1 is 1.38 bits per heavy atom. The quantitative estimate of drug-likeness (QED) is 0.628. The fourth-order valence-corrected chi connectivity index (χ4v) is 3.76. The number of esters is 1. The standard InChI is InChI=1S/C11H14O5/c12-8-7-1-6-2-10(15,4-7)5-11(3-6,16-8)9(13)14/h6-7,15H,1-5H2,(H,13,14). The smallest absolute Gasteiger partial charge is 0.348 e. The molecule has 4 aliphatic rings. The van der Waals surface area contributed by atoms with Crippen molar-refractivity contribution in [1.82, 2.24) is 0 Å². The van der Waals surface area contributed by atoms with Crippen LogP contribution in [0.4, 0.5) is 0 Å². The second-order valence-electron chi connectivity index (χ2n) is 5.53. The van der Waals surface area contributed by atoms with Crippen molar-refractivity contribution in [2.75, 3.05) is 0 Å². The normalized spacial score (nSPS) is 49.9. The van der Waals surface area contributed by atoms with Gasteiger partial charge in [-0.2, -0.15) is 0 Å². The van der Waals surface area contributed by atoms with Crippen LogP contribution in [0.1, 0.15) is 32.1 Å². The van der Waals surface area contributed by atoms with Gasteiger partial charge < -0.3 is 14.9 Å². The van der Waals surface area contributed by atoms with Gasteiger partial charge in [-0.1, -0.05) is 0 Å². The Morgan fingerprint density at radius 3 is 2.75 bits per heavy atom. The fourth-order valence-electron chi connectivity index (χ4n) is 3.76. The molecule has 0 amide bonds. The van der Waals surface area contributed by atoms with Gasteiger partial charge in [-0.25, -0.2) is 4.79 Å². The Kier molecular flexibility index (Phi) is 1.74. The van der Waals surface area contributed by atoms with Crippen molar-refractivity contribution in [3.63, 3.8) is 0 Å². The summed E-state index contributed by atoms with van der Waals surface area (Å²) in [6.45, 7) is 0. The summed E-state index contributed by atoms with van der Waals surface area (Å²) in [7, 11) is 0. The molecule has 2 N–H and O–H groups in total. The average molecular weight is 226 g/mol. The number of fused-ring (bicyclic) bond motifs is 1. The first-order valence-electron chi connectivity index (χ1n) is 5.61. The Bertz CT molecular complexity index is 379. The van der Waals surface area contributed by atoms with Crippen LogP contribution in [-0.2, 0) is 14.3 Å². The van der Waals surface area contributed by atoms with E-state index in [0.29, 0.717) is 25.7 Å². The molecule has 2 saturated carbocycles. The van der Waals surface area contributed by atoms with Gasteiger partial charge in [-0.05, 0) is 25.2 Å². The van der Waals surface area contributed by atoms with Gasteiger partial charge in [0, 0.05) is 12.8 Å². The highest BCUT2D eigenvalue weighted by molar-refractivity contribution is 5.84. The lowest BCUT2D eigenvalue weighted by molar-refractivity contribution is -0.188. The van der Waals surface area contributed by atoms with Crippen molar-refractivity contribution in [2.45, 2.75) is 43.3 Å². The Labute approximate surface area is 92.4 Å². The topological polar surface area (TPSA) is 83.8 Å². The molecule has 88 valence electrons. The molecule has 4 fully saturated rings. The summed E-state index contributed by atoms with van der Waals surface area (Å²) in [5.41, 5.74) is -2.49. The number of carboxylic acids is 1. The Balaban J connectivity index is 2.08. The third-order valence-corrected chi connectivity index (χ3v) is 4.16. The summed E-state index contributed by atoms with van der Waals surface area (Å²) in [5, 5.41) is 19.6. The first-order chi connectivity index (χ1) is 7.42. The van der Waals surface area contributed by atoms with E-state index < -0.39 is 23.1 Å². The predicted octanol–water partition coefficient (Wildman–Crippen LogP) is 0.308. The monoisotopic (exact) mass is 226 g/mol. The second kappa shape index (κ2) is 2.77. The van der Waals surface area contributed by atoms with Gasteiger partial charge in [0.15, 0.2) is 0 Å². The maximum Gasteiger partial charge on any atom is 0.348 e. The summed E-state index contributed by atoms with van der Waals surface area (Å²) >= 11 is 0. The molecule has 0 spiro atoms. The van der Waals surface area contributed by atoms with E-state index in [4.69, 9.17) is 4.74 Å². The summed E-state index contributed by atoms with van der Waals surface area (Å²) in [6, 6.07) is 0. The Morgan fingerprint density at radius 2 is 2.12 bits per heavy atom. The molecule has 0 aromatic heterocycles. The van der Waals surface area contributed by atoms with E-state index in [0.717, 1.165) is 0 Å². The molecule has 4 rings (SSSR count).